The molecule has 5 heteroatoms. The molecule has 0 rings (SSSR count). The fraction of sp³-hybridized carbons (Fsp3) is 1.00. The van der Waals surface area contributed by atoms with Crippen molar-refractivity contribution in [3.05, 3.63) is 0 Å². The van der Waals surface area contributed by atoms with Crippen molar-refractivity contribution in [2.45, 2.75) is 45.6 Å². The zero-order valence-corrected chi connectivity index (χ0v) is 8.84. The quantitative estimate of drug-likeness (QED) is 0.598. The van der Waals surface area contributed by atoms with Gasteiger partial charge < -0.3 is 5.73 Å². The summed E-state index contributed by atoms with van der Waals surface area (Å²) in [6, 6.07) is 0. The summed E-state index contributed by atoms with van der Waals surface area (Å²) < 4.78 is 8.70. The third-order valence-electron chi connectivity index (χ3n) is 2.11. The molecule has 0 heterocycles. The normalized spacial score (nSPS) is 10.2. The summed E-state index contributed by atoms with van der Waals surface area (Å²) in [5, 5.41) is 0. The lowest BCUT2D eigenvalue weighted by molar-refractivity contribution is 0.383. The van der Waals surface area contributed by atoms with Gasteiger partial charge in [-0.2, -0.15) is 0 Å². The molecule has 0 amide bonds. The highest BCUT2D eigenvalue weighted by molar-refractivity contribution is 7.30. The molecule has 4 nitrogen and oxygen atoms in total. The molecule has 0 aliphatic heterocycles. The lowest BCUT2D eigenvalue weighted by Gasteiger charge is -2.23. The minimum Gasteiger partial charge on any atom is -0.325 e. The Bertz CT molecular complexity index is 114. The SMILES string of the molecule is CCC(N)(CC)CC.O=[P+](O)O. The van der Waals surface area contributed by atoms with Crippen molar-refractivity contribution >= 4 is 8.25 Å². The topological polar surface area (TPSA) is 83.6 Å². The van der Waals surface area contributed by atoms with E-state index in [1.165, 1.54) is 0 Å². The van der Waals surface area contributed by atoms with E-state index in [4.69, 9.17) is 20.1 Å². The molecule has 0 aromatic rings. The number of nitrogens with two attached hydrogens (primary N) is 1. The highest BCUT2D eigenvalue weighted by atomic mass is 31.1. The van der Waals surface area contributed by atoms with Crippen molar-refractivity contribution < 1.29 is 14.4 Å². The van der Waals surface area contributed by atoms with E-state index in [1.54, 1.807) is 0 Å². The minimum absolute atomic E-state index is 0.125. The fourth-order valence-electron chi connectivity index (χ4n) is 0.750. The third kappa shape index (κ3) is 9.98. The van der Waals surface area contributed by atoms with Gasteiger partial charge in [0.15, 0.2) is 0 Å². The van der Waals surface area contributed by atoms with Crippen LogP contribution < -0.4 is 5.73 Å². The van der Waals surface area contributed by atoms with E-state index in [-0.39, 0.29) is 5.54 Å². The smallest absolute Gasteiger partial charge is 0.325 e. The second-order valence-corrected chi connectivity index (χ2v) is 3.18. The molecule has 0 bridgehead atoms. The molecule has 4 N–H and O–H groups in total. The van der Waals surface area contributed by atoms with E-state index in [1.807, 2.05) is 0 Å². The standard InChI is InChI=1S/C7H17N.HO3P/c1-4-7(8,5-2)6-3;1-4(2)3/h4-6,8H2,1-3H3;(H-,1,2,3)/p+1. The summed E-state index contributed by atoms with van der Waals surface area (Å²) >= 11 is 0. The van der Waals surface area contributed by atoms with Gasteiger partial charge in [0.05, 0.1) is 0 Å². The number of hydrogen-bond acceptors (Lipinski definition) is 2. The highest BCUT2D eigenvalue weighted by Gasteiger charge is 2.15. The minimum atomic E-state index is -2.87. The molecule has 0 saturated heterocycles. The molecule has 0 aliphatic carbocycles. The maximum absolute atomic E-state index is 8.70. The average Bonchev–Trinajstić information content (AvgIpc) is 2.02. The number of rotatable bonds is 3. The van der Waals surface area contributed by atoms with Crippen molar-refractivity contribution in [2.75, 3.05) is 0 Å². The van der Waals surface area contributed by atoms with Crippen LogP contribution in [0.2, 0.25) is 0 Å². The van der Waals surface area contributed by atoms with Crippen LogP contribution >= 0.6 is 8.25 Å². The molecule has 74 valence electrons. The van der Waals surface area contributed by atoms with Crippen LogP contribution in [0.3, 0.4) is 0 Å². The van der Waals surface area contributed by atoms with Crippen LogP contribution in [-0.4, -0.2) is 15.3 Å². The van der Waals surface area contributed by atoms with Gasteiger partial charge in [-0.3, -0.25) is 0 Å². The van der Waals surface area contributed by atoms with E-state index in [0.717, 1.165) is 19.3 Å². The Balaban J connectivity index is 0. The van der Waals surface area contributed by atoms with Gasteiger partial charge in [-0.15, -0.1) is 9.79 Å². The summed E-state index contributed by atoms with van der Waals surface area (Å²) in [5.41, 5.74) is 6.02. The fourth-order valence-corrected chi connectivity index (χ4v) is 0.750. The second kappa shape index (κ2) is 7.62. The molecule has 0 aromatic heterocycles. The molecular weight excluding hydrogens is 177 g/mol. The first kappa shape index (κ1) is 14.5. The lowest BCUT2D eigenvalue weighted by Crippen LogP contribution is -2.37. The van der Waals surface area contributed by atoms with E-state index in [2.05, 4.69) is 20.8 Å². The maximum Gasteiger partial charge on any atom is 0.692 e. The van der Waals surface area contributed by atoms with Crippen LogP contribution in [0.1, 0.15) is 40.0 Å². The van der Waals surface area contributed by atoms with Gasteiger partial charge in [-0.1, -0.05) is 20.8 Å². The van der Waals surface area contributed by atoms with E-state index < -0.39 is 8.25 Å². The summed E-state index contributed by atoms with van der Waals surface area (Å²) in [6.45, 7) is 6.44. The van der Waals surface area contributed by atoms with Gasteiger partial charge in [0.2, 0.25) is 0 Å². The maximum atomic E-state index is 8.70. The molecule has 0 aromatic carbocycles. The van der Waals surface area contributed by atoms with Gasteiger partial charge in [0, 0.05) is 10.1 Å². The van der Waals surface area contributed by atoms with Gasteiger partial charge in [0.1, 0.15) is 0 Å². The summed E-state index contributed by atoms with van der Waals surface area (Å²) in [6.07, 6.45) is 3.29. The van der Waals surface area contributed by atoms with Gasteiger partial charge >= 0.3 is 8.25 Å². The lowest BCUT2D eigenvalue weighted by atomic mass is 9.92. The molecule has 0 saturated carbocycles. The first-order valence-electron chi connectivity index (χ1n) is 4.05. The highest BCUT2D eigenvalue weighted by Crippen LogP contribution is 2.14. The predicted octanol–water partition coefficient (Wildman–Crippen LogP) is 1.54. The van der Waals surface area contributed by atoms with Crippen molar-refractivity contribution in [3.63, 3.8) is 0 Å². The molecule has 12 heavy (non-hydrogen) atoms. The van der Waals surface area contributed by atoms with Gasteiger partial charge in [0.25, 0.3) is 0 Å². The number of hydrogen-bond donors (Lipinski definition) is 3. The Hall–Kier alpha value is -0.0200. The van der Waals surface area contributed by atoms with Gasteiger partial charge in [-0.05, 0) is 19.3 Å². The zero-order valence-electron chi connectivity index (χ0n) is 7.95. The molecule has 0 atom stereocenters. The van der Waals surface area contributed by atoms with Crippen LogP contribution in [0.4, 0.5) is 0 Å². The Labute approximate surface area is 74.7 Å². The molecular formula is C7H19NO3P+. The van der Waals surface area contributed by atoms with Crippen molar-refractivity contribution in [1.29, 1.82) is 0 Å². The second-order valence-electron chi connectivity index (χ2n) is 2.68. The predicted molar refractivity (Wildman–Crippen MR) is 49.8 cm³/mol. The molecule has 0 aliphatic rings. The van der Waals surface area contributed by atoms with E-state index in [9.17, 15) is 0 Å². The Morgan fingerprint density at radius 3 is 1.33 bits per heavy atom. The average molecular weight is 196 g/mol. The van der Waals surface area contributed by atoms with Crippen molar-refractivity contribution in [2.24, 2.45) is 5.73 Å². The summed E-state index contributed by atoms with van der Waals surface area (Å²) in [7, 11) is -2.87. The Morgan fingerprint density at radius 1 is 1.17 bits per heavy atom. The summed E-state index contributed by atoms with van der Waals surface area (Å²) in [5.74, 6) is 0. The zero-order chi connectivity index (χ0) is 10.2. The van der Waals surface area contributed by atoms with Crippen LogP contribution in [0.25, 0.3) is 0 Å². The van der Waals surface area contributed by atoms with Gasteiger partial charge in [-0.25, -0.2) is 0 Å². The molecule has 0 spiro atoms. The first-order valence-corrected chi connectivity index (χ1v) is 5.22. The van der Waals surface area contributed by atoms with E-state index >= 15 is 0 Å². The molecule has 0 unspecified atom stereocenters. The summed E-state index contributed by atoms with van der Waals surface area (Å²) in [4.78, 5) is 14.2. The monoisotopic (exact) mass is 196 g/mol. The largest absolute Gasteiger partial charge is 0.692 e. The molecule has 0 radical (unpaired) electrons. The first-order chi connectivity index (χ1) is 5.41. The van der Waals surface area contributed by atoms with Crippen LogP contribution in [0.5, 0.6) is 0 Å². The van der Waals surface area contributed by atoms with Crippen molar-refractivity contribution in [3.8, 4) is 0 Å². The van der Waals surface area contributed by atoms with E-state index in [0.29, 0.717) is 0 Å². The Morgan fingerprint density at radius 2 is 1.33 bits per heavy atom. The van der Waals surface area contributed by atoms with Crippen molar-refractivity contribution in [1.82, 2.24) is 0 Å². The van der Waals surface area contributed by atoms with Crippen LogP contribution in [0.15, 0.2) is 0 Å². The molecule has 0 fully saturated rings. The Kier molecular flexibility index (Phi) is 9.21. The third-order valence-corrected chi connectivity index (χ3v) is 2.11. The van der Waals surface area contributed by atoms with Crippen LogP contribution in [-0.2, 0) is 4.57 Å². The van der Waals surface area contributed by atoms with Crippen LogP contribution in [0, 0.1) is 0 Å².